The first-order valence-corrected chi connectivity index (χ1v) is 6.32. The van der Waals surface area contributed by atoms with Crippen LogP contribution >= 0.6 is 11.3 Å². The van der Waals surface area contributed by atoms with Crippen LogP contribution in [0, 0.1) is 11.6 Å². The molecule has 2 aromatic rings. The quantitative estimate of drug-likeness (QED) is 0.909. The molecule has 0 spiro atoms. The summed E-state index contributed by atoms with van der Waals surface area (Å²) >= 11 is 1.16. The maximum Gasteiger partial charge on any atom is 0.271 e. The summed E-state index contributed by atoms with van der Waals surface area (Å²) in [6.07, 6.45) is 0. The van der Waals surface area contributed by atoms with Crippen molar-refractivity contribution in [2.75, 3.05) is 5.73 Å². The van der Waals surface area contributed by atoms with Crippen LogP contribution in [0.25, 0.3) is 0 Å². The molecule has 3 N–H and O–H groups in total. The molecule has 1 unspecified atom stereocenters. The van der Waals surface area contributed by atoms with E-state index in [2.05, 4.69) is 10.3 Å². The Morgan fingerprint density at radius 1 is 1.42 bits per heavy atom. The Bertz CT molecular complexity index is 615. The van der Waals surface area contributed by atoms with E-state index < -0.39 is 23.6 Å². The van der Waals surface area contributed by atoms with E-state index in [9.17, 15) is 13.6 Å². The zero-order chi connectivity index (χ0) is 14.0. The van der Waals surface area contributed by atoms with Crippen molar-refractivity contribution in [2.24, 2.45) is 0 Å². The Morgan fingerprint density at radius 2 is 2.16 bits per heavy atom. The van der Waals surface area contributed by atoms with Gasteiger partial charge in [0.2, 0.25) is 0 Å². The lowest BCUT2D eigenvalue weighted by Gasteiger charge is -2.13. The van der Waals surface area contributed by atoms with Crippen LogP contribution in [0.4, 0.5) is 13.9 Å². The Morgan fingerprint density at radius 3 is 2.74 bits per heavy atom. The number of hydrogen-bond acceptors (Lipinski definition) is 4. The van der Waals surface area contributed by atoms with Crippen LogP contribution < -0.4 is 11.1 Å². The SMILES string of the molecule is CC(NC(=O)c1csc(N)n1)c1ccc(F)c(F)c1. The van der Waals surface area contributed by atoms with Crippen LogP contribution in [-0.2, 0) is 0 Å². The molecule has 4 nitrogen and oxygen atoms in total. The van der Waals surface area contributed by atoms with E-state index in [1.807, 2.05) is 0 Å². The number of nitrogens with zero attached hydrogens (tertiary/aromatic N) is 1. The molecule has 2 rings (SSSR count). The van der Waals surface area contributed by atoms with Gasteiger partial charge in [0, 0.05) is 5.38 Å². The van der Waals surface area contributed by atoms with Gasteiger partial charge in [-0.2, -0.15) is 0 Å². The summed E-state index contributed by atoms with van der Waals surface area (Å²) in [7, 11) is 0. The lowest BCUT2D eigenvalue weighted by Crippen LogP contribution is -2.27. The van der Waals surface area contributed by atoms with Crippen LogP contribution in [0.1, 0.15) is 29.0 Å². The summed E-state index contributed by atoms with van der Waals surface area (Å²) < 4.78 is 25.9. The molecule has 0 saturated carbocycles. The smallest absolute Gasteiger partial charge is 0.271 e. The van der Waals surface area contributed by atoms with Gasteiger partial charge in [0.05, 0.1) is 6.04 Å². The van der Waals surface area contributed by atoms with Crippen molar-refractivity contribution in [3.63, 3.8) is 0 Å². The van der Waals surface area contributed by atoms with Gasteiger partial charge >= 0.3 is 0 Å². The highest BCUT2D eigenvalue weighted by Gasteiger charge is 2.15. The Hall–Kier alpha value is -2.02. The number of anilines is 1. The number of nitrogen functional groups attached to an aromatic ring is 1. The van der Waals surface area contributed by atoms with Crippen molar-refractivity contribution in [3.8, 4) is 0 Å². The Balaban J connectivity index is 2.10. The van der Waals surface area contributed by atoms with Crippen LogP contribution in [0.15, 0.2) is 23.6 Å². The topological polar surface area (TPSA) is 68.0 Å². The van der Waals surface area contributed by atoms with E-state index in [-0.39, 0.29) is 5.69 Å². The molecule has 0 aliphatic heterocycles. The minimum absolute atomic E-state index is 0.205. The van der Waals surface area contributed by atoms with E-state index in [1.54, 1.807) is 6.92 Å². The maximum atomic E-state index is 13.1. The summed E-state index contributed by atoms with van der Waals surface area (Å²) in [5, 5.41) is 4.46. The van der Waals surface area contributed by atoms with Gasteiger partial charge in [-0.05, 0) is 24.6 Å². The third-order valence-electron chi connectivity index (χ3n) is 2.55. The number of benzene rings is 1. The van der Waals surface area contributed by atoms with Crippen molar-refractivity contribution in [2.45, 2.75) is 13.0 Å². The fourth-order valence-corrected chi connectivity index (χ4v) is 2.07. The summed E-state index contributed by atoms with van der Waals surface area (Å²) in [6.45, 7) is 1.67. The number of rotatable bonds is 3. The first kappa shape index (κ1) is 13.4. The minimum atomic E-state index is -0.948. The molecule has 100 valence electrons. The molecule has 7 heteroatoms. The van der Waals surface area contributed by atoms with Gasteiger partial charge in [0.15, 0.2) is 16.8 Å². The van der Waals surface area contributed by atoms with Gasteiger partial charge in [-0.25, -0.2) is 13.8 Å². The fourth-order valence-electron chi connectivity index (χ4n) is 1.53. The fraction of sp³-hybridized carbons (Fsp3) is 0.167. The number of nitrogens with one attached hydrogen (secondary N) is 1. The number of aromatic nitrogens is 1. The Kier molecular flexibility index (Phi) is 3.75. The summed E-state index contributed by atoms with van der Waals surface area (Å²) in [4.78, 5) is 15.6. The molecular weight excluding hydrogens is 272 g/mol. The standard InChI is InChI=1S/C12H11F2N3OS/c1-6(7-2-3-8(13)9(14)4-7)16-11(18)10-5-19-12(15)17-10/h2-6H,1H3,(H2,15,17)(H,16,18). The number of nitrogens with two attached hydrogens (primary N) is 1. The lowest BCUT2D eigenvalue weighted by molar-refractivity contribution is 0.0935. The number of carbonyl (C=O) groups is 1. The monoisotopic (exact) mass is 283 g/mol. The molecule has 1 amide bonds. The van der Waals surface area contributed by atoms with Gasteiger partial charge in [0.1, 0.15) is 5.69 Å². The largest absolute Gasteiger partial charge is 0.375 e. The van der Waals surface area contributed by atoms with Crippen LogP contribution in [0.5, 0.6) is 0 Å². The first-order valence-electron chi connectivity index (χ1n) is 5.44. The number of halogens is 2. The molecule has 0 fully saturated rings. The van der Waals surface area contributed by atoms with Gasteiger partial charge < -0.3 is 11.1 Å². The van der Waals surface area contributed by atoms with Crippen molar-refractivity contribution in [3.05, 3.63) is 46.5 Å². The predicted octanol–water partition coefficient (Wildman–Crippen LogP) is 2.49. The van der Waals surface area contributed by atoms with Gasteiger partial charge in [-0.15, -0.1) is 11.3 Å². The maximum absolute atomic E-state index is 13.1. The molecule has 1 aromatic carbocycles. The van der Waals surface area contributed by atoms with Crippen molar-refractivity contribution in [1.82, 2.24) is 10.3 Å². The molecule has 1 aromatic heterocycles. The van der Waals surface area contributed by atoms with Crippen LogP contribution in [0.3, 0.4) is 0 Å². The molecule has 1 heterocycles. The second-order valence-electron chi connectivity index (χ2n) is 3.94. The van der Waals surface area contributed by atoms with Crippen LogP contribution in [-0.4, -0.2) is 10.9 Å². The van der Waals surface area contributed by atoms with E-state index in [0.717, 1.165) is 23.5 Å². The van der Waals surface area contributed by atoms with Crippen LogP contribution in [0.2, 0.25) is 0 Å². The highest BCUT2D eigenvalue weighted by molar-refractivity contribution is 7.13. The van der Waals surface area contributed by atoms with Gasteiger partial charge in [-0.3, -0.25) is 4.79 Å². The average Bonchev–Trinajstić information content (AvgIpc) is 2.79. The second kappa shape index (κ2) is 5.31. The molecule has 0 bridgehead atoms. The molecule has 0 aliphatic rings. The summed E-state index contributed by atoms with van der Waals surface area (Å²) in [5.41, 5.74) is 6.10. The third kappa shape index (κ3) is 3.05. The number of amides is 1. The van der Waals surface area contributed by atoms with Crippen molar-refractivity contribution >= 4 is 22.4 Å². The molecule has 19 heavy (non-hydrogen) atoms. The highest BCUT2D eigenvalue weighted by Crippen LogP contribution is 2.17. The van der Waals surface area contributed by atoms with Crippen molar-refractivity contribution < 1.29 is 13.6 Å². The number of carbonyl (C=O) groups excluding carboxylic acids is 1. The minimum Gasteiger partial charge on any atom is -0.375 e. The number of thiazole rings is 1. The molecule has 0 saturated heterocycles. The zero-order valence-corrected chi connectivity index (χ0v) is 10.8. The normalized spacial score (nSPS) is 12.2. The molecule has 0 radical (unpaired) electrons. The molecule has 0 aliphatic carbocycles. The van der Waals surface area contributed by atoms with E-state index >= 15 is 0 Å². The molecule has 1 atom stereocenters. The second-order valence-corrected chi connectivity index (χ2v) is 4.83. The highest BCUT2D eigenvalue weighted by atomic mass is 32.1. The van der Waals surface area contributed by atoms with Crippen molar-refractivity contribution in [1.29, 1.82) is 0 Å². The summed E-state index contributed by atoms with van der Waals surface area (Å²) in [5.74, 6) is -2.28. The zero-order valence-electron chi connectivity index (χ0n) is 9.98. The lowest BCUT2D eigenvalue weighted by atomic mass is 10.1. The molecular formula is C12H11F2N3OS. The van der Waals surface area contributed by atoms with E-state index in [0.29, 0.717) is 10.7 Å². The van der Waals surface area contributed by atoms with Gasteiger partial charge in [-0.1, -0.05) is 6.07 Å². The van der Waals surface area contributed by atoms with E-state index in [1.165, 1.54) is 11.4 Å². The Labute approximate surface area is 112 Å². The first-order chi connectivity index (χ1) is 8.97. The third-order valence-corrected chi connectivity index (χ3v) is 3.22. The average molecular weight is 283 g/mol. The number of hydrogen-bond donors (Lipinski definition) is 2. The van der Waals surface area contributed by atoms with Gasteiger partial charge in [0.25, 0.3) is 5.91 Å². The summed E-state index contributed by atoms with van der Waals surface area (Å²) in [6, 6.07) is 3.02. The van der Waals surface area contributed by atoms with E-state index in [4.69, 9.17) is 5.73 Å². The predicted molar refractivity (Wildman–Crippen MR) is 68.8 cm³/mol.